The number of carbonyl (C=O) groups is 2. The van der Waals surface area contributed by atoms with Gasteiger partial charge in [0.1, 0.15) is 43.2 Å². The second kappa shape index (κ2) is 36.4. The molecule has 1 aliphatic carbocycles. The number of ether oxygens (including phenoxy) is 2. The molecule has 63 heavy (non-hydrogen) atoms. The van der Waals surface area contributed by atoms with Gasteiger partial charge in [0.25, 0.3) is 0 Å². The molecule has 1 saturated carbocycles. The fourth-order valence-corrected chi connectivity index (χ4v) is 8.64. The molecule has 0 aliphatic heterocycles. The fourth-order valence-electron chi connectivity index (χ4n) is 7.10. The minimum absolute atomic E-state index is 0.0431. The summed E-state index contributed by atoms with van der Waals surface area (Å²) in [5.74, 6) is -1.22. The van der Waals surface area contributed by atoms with Crippen molar-refractivity contribution in [1.29, 1.82) is 0 Å². The molecule has 0 aromatic carbocycles. The van der Waals surface area contributed by atoms with Crippen molar-refractivity contribution in [2.24, 2.45) is 0 Å². The van der Waals surface area contributed by atoms with Gasteiger partial charge in [-0.1, -0.05) is 159 Å². The third kappa shape index (κ3) is 30.9. The van der Waals surface area contributed by atoms with Crippen molar-refractivity contribution in [2.45, 2.75) is 224 Å². The molecular weight excluding hydrogens is 858 g/mol. The van der Waals surface area contributed by atoms with Crippen molar-refractivity contribution in [3.63, 3.8) is 0 Å². The van der Waals surface area contributed by atoms with E-state index in [-0.39, 0.29) is 12.8 Å². The van der Waals surface area contributed by atoms with E-state index in [1.165, 1.54) is 64.2 Å². The summed E-state index contributed by atoms with van der Waals surface area (Å²) in [4.78, 5) is 54.2. The topological polar surface area (TPSA) is 256 Å². The van der Waals surface area contributed by atoms with Crippen molar-refractivity contribution in [3.05, 3.63) is 36.5 Å². The molecule has 18 heteroatoms. The van der Waals surface area contributed by atoms with Crippen LogP contribution in [0.3, 0.4) is 0 Å². The lowest BCUT2D eigenvalue weighted by Gasteiger charge is -2.43. The van der Waals surface area contributed by atoms with E-state index in [9.17, 15) is 44.0 Å². The van der Waals surface area contributed by atoms with Gasteiger partial charge in [0.2, 0.25) is 0 Å². The first-order valence-electron chi connectivity index (χ1n) is 23.5. The van der Waals surface area contributed by atoms with Gasteiger partial charge >= 0.3 is 27.6 Å². The molecule has 0 heterocycles. The van der Waals surface area contributed by atoms with E-state index in [1.54, 1.807) is 0 Å². The van der Waals surface area contributed by atoms with E-state index in [1.807, 2.05) is 0 Å². The lowest BCUT2D eigenvalue weighted by atomic mass is 9.85. The Balaban J connectivity index is 2.60. The van der Waals surface area contributed by atoms with E-state index in [0.717, 1.165) is 77.0 Å². The number of phosphoric ester groups is 2. The molecule has 0 aromatic heterocycles. The van der Waals surface area contributed by atoms with Gasteiger partial charge in [0, 0.05) is 12.8 Å². The largest absolute Gasteiger partial charge is 0.472 e. The van der Waals surface area contributed by atoms with Crippen LogP contribution in [0, 0.1) is 0 Å². The first-order valence-corrected chi connectivity index (χ1v) is 26.6. The Kier molecular flexibility index (Phi) is 34.2. The predicted molar refractivity (Wildman–Crippen MR) is 241 cm³/mol. The molecule has 0 saturated heterocycles. The van der Waals surface area contributed by atoms with Gasteiger partial charge in [-0.15, -0.1) is 0 Å². The minimum atomic E-state index is -5.36. The Morgan fingerprint density at radius 2 is 0.968 bits per heavy atom. The standard InChI is InChI=1S/C45H82O16P2/c1-3-5-7-9-11-13-15-17-19-21-23-25-27-29-31-33-38(46)57-35-37(59-39(47)34-32-30-28-26-24-22-20-18-16-14-12-10-8-6-4-2)36-58-63(55,56)61-45-42(50)40(48)41(49)44(43(45)51)60-62(52,53)54/h5,7,11,13,17,19,37,40-45,48-51H,3-4,6,8-10,12,14-16,18,20-36H2,1-2H3,(H,55,56)(H2,52,53,54). The maximum absolute atomic E-state index is 13.0. The molecule has 1 rings (SSSR count). The zero-order valence-corrected chi connectivity index (χ0v) is 39.8. The molecule has 16 nitrogen and oxygen atoms in total. The van der Waals surface area contributed by atoms with Gasteiger partial charge in [-0.05, 0) is 44.9 Å². The Hall–Kier alpha value is -1.78. The number of phosphoric acid groups is 2. The molecule has 8 atom stereocenters. The average molecular weight is 941 g/mol. The van der Waals surface area contributed by atoms with Crippen molar-refractivity contribution in [2.75, 3.05) is 13.2 Å². The number of rotatable bonds is 39. The molecule has 0 radical (unpaired) electrons. The molecular formula is C45H82O16P2. The van der Waals surface area contributed by atoms with E-state index in [4.69, 9.17) is 28.3 Å². The minimum Gasteiger partial charge on any atom is -0.462 e. The zero-order valence-electron chi connectivity index (χ0n) is 38.0. The summed E-state index contributed by atoms with van der Waals surface area (Å²) in [6.45, 7) is 2.99. The molecule has 0 spiro atoms. The molecule has 0 aromatic rings. The van der Waals surface area contributed by atoms with E-state index in [2.05, 4.69) is 54.8 Å². The summed E-state index contributed by atoms with van der Waals surface area (Å²) in [5, 5.41) is 41.2. The summed E-state index contributed by atoms with van der Waals surface area (Å²) in [5.41, 5.74) is 0. The quantitative estimate of drug-likeness (QED) is 0.0132. The van der Waals surface area contributed by atoms with Crippen molar-refractivity contribution >= 4 is 27.6 Å². The summed E-state index contributed by atoms with van der Waals surface area (Å²) in [6.07, 6.45) is 23.9. The lowest BCUT2D eigenvalue weighted by molar-refractivity contribution is -0.216. The predicted octanol–water partition coefficient (Wildman–Crippen LogP) is 8.73. The van der Waals surface area contributed by atoms with Crippen LogP contribution in [0.15, 0.2) is 36.5 Å². The van der Waals surface area contributed by atoms with Gasteiger partial charge in [-0.25, -0.2) is 9.13 Å². The van der Waals surface area contributed by atoms with Gasteiger partial charge in [0.05, 0.1) is 6.61 Å². The Morgan fingerprint density at radius 3 is 1.48 bits per heavy atom. The number of carbonyl (C=O) groups excluding carboxylic acids is 2. The summed E-state index contributed by atoms with van der Waals surface area (Å²) in [6, 6.07) is 0. The van der Waals surface area contributed by atoms with Gasteiger partial charge < -0.3 is 44.6 Å². The van der Waals surface area contributed by atoms with E-state index >= 15 is 0 Å². The number of aliphatic hydroxyl groups is 4. The number of allylic oxidation sites excluding steroid dienone is 6. The molecule has 7 N–H and O–H groups in total. The third-order valence-electron chi connectivity index (χ3n) is 10.7. The summed E-state index contributed by atoms with van der Waals surface area (Å²) < 4.78 is 49.3. The van der Waals surface area contributed by atoms with Crippen LogP contribution in [0.2, 0.25) is 0 Å². The first kappa shape index (κ1) is 59.2. The Bertz CT molecular complexity index is 1370. The van der Waals surface area contributed by atoms with Crippen LogP contribution in [-0.4, -0.2) is 103 Å². The van der Waals surface area contributed by atoms with Crippen LogP contribution in [0.5, 0.6) is 0 Å². The molecule has 1 aliphatic rings. The van der Waals surface area contributed by atoms with Crippen LogP contribution < -0.4 is 0 Å². The van der Waals surface area contributed by atoms with Crippen LogP contribution in [0.25, 0.3) is 0 Å². The van der Waals surface area contributed by atoms with Gasteiger partial charge in [-0.3, -0.25) is 23.2 Å². The average Bonchev–Trinajstić information content (AvgIpc) is 3.23. The number of esters is 2. The van der Waals surface area contributed by atoms with Crippen molar-refractivity contribution in [3.8, 4) is 0 Å². The highest BCUT2D eigenvalue weighted by Gasteiger charge is 2.54. The highest BCUT2D eigenvalue weighted by Crippen LogP contribution is 2.49. The molecule has 0 bridgehead atoms. The number of aliphatic hydroxyl groups excluding tert-OH is 4. The van der Waals surface area contributed by atoms with Crippen LogP contribution in [-0.2, 0) is 41.8 Å². The first-order chi connectivity index (χ1) is 30.1. The van der Waals surface area contributed by atoms with Crippen molar-refractivity contribution < 1.29 is 76.9 Å². The van der Waals surface area contributed by atoms with Crippen LogP contribution >= 0.6 is 15.6 Å². The van der Waals surface area contributed by atoms with Gasteiger partial charge in [-0.2, -0.15) is 0 Å². The number of hydrogen-bond acceptors (Lipinski definition) is 13. The van der Waals surface area contributed by atoms with Crippen molar-refractivity contribution in [1.82, 2.24) is 0 Å². The zero-order chi connectivity index (χ0) is 46.8. The summed E-state index contributed by atoms with van der Waals surface area (Å²) in [7, 11) is -10.7. The normalized spacial score (nSPS) is 22.2. The fraction of sp³-hybridized carbons (Fsp3) is 0.822. The van der Waals surface area contributed by atoms with Gasteiger partial charge in [0.15, 0.2) is 6.10 Å². The smallest absolute Gasteiger partial charge is 0.462 e. The van der Waals surface area contributed by atoms with Crippen LogP contribution in [0.4, 0.5) is 0 Å². The second-order valence-electron chi connectivity index (χ2n) is 16.5. The molecule has 1 fully saturated rings. The molecule has 368 valence electrons. The molecule has 8 unspecified atom stereocenters. The number of hydrogen-bond donors (Lipinski definition) is 7. The number of unbranched alkanes of at least 4 members (excludes halogenated alkanes) is 19. The maximum Gasteiger partial charge on any atom is 0.472 e. The highest BCUT2D eigenvalue weighted by atomic mass is 31.2. The monoisotopic (exact) mass is 941 g/mol. The Morgan fingerprint density at radius 1 is 0.524 bits per heavy atom. The van der Waals surface area contributed by atoms with E-state index < -0.39 is 83.5 Å². The molecule has 0 amide bonds. The SMILES string of the molecule is CCC=CCC=CCC=CCCCCCCCC(=O)OCC(COP(=O)(O)OC1C(O)C(O)C(O)C(OP(=O)(O)O)C1O)OC(=O)CCCCCCCCCCCCCCCCC. The van der Waals surface area contributed by atoms with Crippen LogP contribution in [0.1, 0.15) is 181 Å². The maximum atomic E-state index is 13.0. The third-order valence-corrected chi connectivity index (χ3v) is 12.2. The van der Waals surface area contributed by atoms with E-state index in [0.29, 0.717) is 12.8 Å². The Labute approximate surface area is 376 Å². The lowest BCUT2D eigenvalue weighted by Crippen LogP contribution is -2.64. The summed E-state index contributed by atoms with van der Waals surface area (Å²) >= 11 is 0. The highest BCUT2D eigenvalue weighted by molar-refractivity contribution is 7.47. The second-order valence-corrected chi connectivity index (χ2v) is 19.1.